The molecule has 272 valence electrons. The van der Waals surface area contributed by atoms with E-state index in [1.165, 1.54) is 35.5 Å². The van der Waals surface area contributed by atoms with Gasteiger partial charge in [-0.05, 0) is 49.3 Å². The monoisotopic (exact) mass is 734 g/mol. The first-order valence-electron chi connectivity index (χ1n) is 16.9. The predicted molar refractivity (Wildman–Crippen MR) is 199 cm³/mol. The highest BCUT2D eigenvalue weighted by Crippen LogP contribution is 2.41. The fourth-order valence-electron chi connectivity index (χ4n) is 6.74. The molecule has 5 rings (SSSR count). The lowest BCUT2D eigenvalue weighted by Crippen LogP contribution is -2.60. The first-order chi connectivity index (χ1) is 24.4. The predicted octanol–water partition coefficient (Wildman–Crippen LogP) is 2.63. The van der Waals surface area contributed by atoms with Crippen LogP contribution in [0.15, 0.2) is 78.9 Å². The Labute approximate surface area is 307 Å². The van der Waals surface area contributed by atoms with E-state index in [2.05, 4.69) is 16.0 Å². The van der Waals surface area contributed by atoms with Crippen LogP contribution in [0.25, 0.3) is 0 Å². The number of aliphatic hydroxyl groups excluding tert-OH is 2. The second-order valence-corrected chi connectivity index (χ2v) is 15.9. The lowest BCUT2D eigenvalue weighted by Gasteiger charge is -2.34. The number of para-hydroxylation sites is 1. The fraction of sp³-hybridized carbons (Fsp3) is 0.421. The van der Waals surface area contributed by atoms with Crippen molar-refractivity contribution in [2.45, 2.75) is 74.2 Å². The first kappa shape index (κ1) is 38.2. The van der Waals surface area contributed by atoms with Gasteiger partial charge in [0, 0.05) is 22.5 Å². The van der Waals surface area contributed by atoms with E-state index in [1.807, 2.05) is 74.7 Å². The van der Waals surface area contributed by atoms with Crippen LogP contribution in [-0.2, 0) is 38.4 Å². The van der Waals surface area contributed by atoms with Crippen molar-refractivity contribution < 1.29 is 34.1 Å². The minimum Gasteiger partial charge on any atom is -0.496 e. The summed E-state index contributed by atoms with van der Waals surface area (Å²) in [4.78, 5) is 56.4. The minimum absolute atomic E-state index is 0.00787. The SMILES string of the molecule is COc1ccccc1CC(=O)N[C@@H](CSC)C(=O)N[C@@H](Cc1ccccc1)[C@H](O)C(=O)N1CSC(C)(C)[C@H]1C(=O)N[C@H]1c2ccccc2C[C@H]1O. The Kier molecular flexibility index (Phi) is 12.7. The zero-order valence-corrected chi connectivity index (χ0v) is 30.8. The molecule has 13 heteroatoms. The van der Waals surface area contributed by atoms with Crippen LogP contribution in [0.2, 0.25) is 0 Å². The van der Waals surface area contributed by atoms with Crippen molar-refractivity contribution in [2.75, 3.05) is 25.0 Å². The van der Waals surface area contributed by atoms with Crippen molar-refractivity contribution in [3.05, 3.63) is 101 Å². The van der Waals surface area contributed by atoms with E-state index in [0.29, 0.717) is 17.7 Å². The first-order valence-corrected chi connectivity index (χ1v) is 19.2. The van der Waals surface area contributed by atoms with Crippen molar-refractivity contribution in [2.24, 2.45) is 0 Å². The zero-order chi connectivity index (χ0) is 36.7. The molecule has 1 saturated heterocycles. The highest BCUT2D eigenvalue weighted by molar-refractivity contribution is 8.00. The average Bonchev–Trinajstić information content (AvgIpc) is 3.61. The van der Waals surface area contributed by atoms with E-state index in [1.54, 1.807) is 24.3 Å². The Morgan fingerprint density at radius 2 is 1.69 bits per heavy atom. The van der Waals surface area contributed by atoms with Crippen molar-refractivity contribution in [3.63, 3.8) is 0 Å². The van der Waals surface area contributed by atoms with E-state index < -0.39 is 58.8 Å². The molecule has 0 bridgehead atoms. The number of benzene rings is 3. The maximum Gasteiger partial charge on any atom is 0.254 e. The van der Waals surface area contributed by atoms with Gasteiger partial charge in [0.2, 0.25) is 17.7 Å². The Morgan fingerprint density at radius 1 is 1.00 bits per heavy atom. The number of fused-ring (bicyclic) bond motifs is 1. The number of carbonyl (C=O) groups excluding carboxylic acids is 4. The number of methoxy groups -OCH3 is 1. The Bertz CT molecular complexity index is 1710. The van der Waals surface area contributed by atoms with Gasteiger partial charge in [-0.15, -0.1) is 11.8 Å². The van der Waals surface area contributed by atoms with Crippen molar-refractivity contribution >= 4 is 47.2 Å². The van der Waals surface area contributed by atoms with Crippen LogP contribution >= 0.6 is 23.5 Å². The number of nitrogens with zero attached hydrogens (tertiary/aromatic N) is 1. The van der Waals surface area contributed by atoms with Crippen molar-refractivity contribution in [1.82, 2.24) is 20.9 Å². The summed E-state index contributed by atoms with van der Waals surface area (Å²) in [6.45, 7) is 3.73. The maximum atomic E-state index is 14.2. The summed E-state index contributed by atoms with van der Waals surface area (Å²) in [7, 11) is 1.52. The lowest BCUT2D eigenvalue weighted by atomic mass is 9.96. The van der Waals surface area contributed by atoms with Crippen LogP contribution in [0, 0.1) is 0 Å². The third-order valence-electron chi connectivity index (χ3n) is 9.37. The summed E-state index contributed by atoms with van der Waals surface area (Å²) in [5, 5.41) is 31.2. The highest BCUT2D eigenvalue weighted by Gasteiger charge is 2.51. The van der Waals surface area contributed by atoms with E-state index in [9.17, 15) is 29.4 Å². The quantitative estimate of drug-likeness (QED) is 0.168. The van der Waals surface area contributed by atoms with E-state index >= 15 is 0 Å². The van der Waals surface area contributed by atoms with Crippen LogP contribution in [0.1, 0.15) is 42.1 Å². The van der Waals surface area contributed by atoms with E-state index in [0.717, 1.165) is 16.7 Å². The normalized spacial score (nSPS) is 20.8. The third-order valence-corrected chi connectivity index (χ3v) is 11.4. The number of amides is 4. The van der Waals surface area contributed by atoms with Gasteiger partial charge in [-0.3, -0.25) is 19.2 Å². The summed E-state index contributed by atoms with van der Waals surface area (Å²) in [6, 6.07) is 20.2. The molecule has 51 heavy (non-hydrogen) atoms. The molecular formula is C38H46N4O7S2. The lowest BCUT2D eigenvalue weighted by molar-refractivity contribution is -0.148. The van der Waals surface area contributed by atoms with Gasteiger partial charge in [-0.25, -0.2) is 0 Å². The summed E-state index contributed by atoms with van der Waals surface area (Å²) in [5.74, 6) is -1.13. The smallest absolute Gasteiger partial charge is 0.254 e. The van der Waals surface area contributed by atoms with Crippen LogP contribution in [-0.4, -0.2) is 98.8 Å². The highest BCUT2D eigenvalue weighted by atomic mass is 32.2. The molecule has 1 fully saturated rings. The molecular weight excluding hydrogens is 689 g/mol. The van der Waals surface area contributed by atoms with Gasteiger partial charge in [-0.1, -0.05) is 72.8 Å². The molecule has 3 aromatic rings. The van der Waals surface area contributed by atoms with Crippen LogP contribution in [0.3, 0.4) is 0 Å². The van der Waals surface area contributed by atoms with E-state index in [4.69, 9.17) is 4.74 Å². The van der Waals surface area contributed by atoms with Crippen LogP contribution < -0.4 is 20.7 Å². The minimum atomic E-state index is -1.71. The second kappa shape index (κ2) is 17.0. The Hall–Kier alpha value is -4.04. The molecule has 5 N–H and O–H groups in total. The molecule has 0 radical (unpaired) electrons. The molecule has 3 aromatic carbocycles. The second-order valence-electron chi connectivity index (χ2n) is 13.4. The molecule has 6 atom stereocenters. The number of nitrogens with one attached hydrogen (secondary N) is 3. The molecule has 1 aliphatic heterocycles. The summed E-state index contributed by atoms with van der Waals surface area (Å²) < 4.78 is 4.66. The number of ether oxygens (including phenoxy) is 1. The standard InChI is InChI=1S/C38H46N4O7S2/c1-38(2)34(36(47)41-32-26-16-10-8-14-24(26)19-29(32)43)42(22-51-38)37(48)33(45)27(18-23-12-6-5-7-13-23)40-35(46)28(21-50-4)39-31(44)20-25-15-9-11-17-30(25)49-3/h5-17,27-29,32-34,43,45H,18-22H2,1-4H3,(H,39,44)(H,40,46)(H,41,47)/t27-,28-,29+,32-,33-,34+/m0/s1. The van der Waals surface area contributed by atoms with Crippen molar-refractivity contribution in [1.29, 1.82) is 0 Å². The molecule has 1 aliphatic carbocycles. The molecule has 0 spiro atoms. The largest absolute Gasteiger partial charge is 0.496 e. The number of thioether (sulfide) groups is 2. The molecule has 0 unspecified atom stereocenters. The number of carbonyl (C=O) groups is 4. The molecule has 11 nitrogen and oxygen atoms in total. The molecule has 2 aliphatic rings. The maximum absolute atomic E-state index is 14.2. The van der Waals surface area contributed by atoms with Gasteiger partial charge in [0.15, 0.2) is 6.10 Å². The molecule has 1 heterocycles. The van der Waals surface area contributed by atoms with E-state index in [-0.39, 0.29) is 30.4 Å². The summed E-state index contributed by atoms with van der Waals surface area (Å²) >= 11 is 2.78. The Morgan fingerprint density at radius 3 is 2.41 bits per heavy atom. The van der Waals surface area contributed by atoms with Crippen molar-refractivity contribution in [3.8, 4) is 5.75 Å². The summed E-state index contributed by atoms with van der Waals surface area (Å²) in [5.41, 5.74) is 3.23. The zero-order valence-electron chi connectivity index (χ0n) is 29.2. The molecule has 0 saturated carbocycles. The topological polar surface area (TPSA) is 157 Å². The third kappa shape index (κ3) is 9.07. The number of aliphatic hydroxyl groups is 2. The van der Waals surface area contributed by atoms with Gasteiger partial charge in [0.1, 0.15) is 17.8 Å². The van der Waals surface area contributed by atoms with Crippen LogP contribution in [0.5, 0.6) is 5.75 Å². The average molecular weight is 735 g/mol. The van der Waals surface area contributed by atoms with Gasteiger partial charge < -0.3 is 35.8 Å². The molecule has 0 aromatic heterocycles. The van der Waals surface area contributed by atoms with Gasteiger partial charge in [0.05, 0.1) is 37.6 Å². The Balaban J connectivity index is 1.33. The van der Waals surface area contributed by atoms with Gasteiger partial charge in [-0.2, -0.15) is 11.8 Å². The van der Waals surface area contributed by atoms with Crippen LogP contribution in [0.4, 0.5) is 0 Å². The summed E-state index contributed by atoms with van der Waals surface area (Å²) in [6.07, 6.45) is -0.193. The number of hydrogen-bond acceptors (Lipinski definition) is 9. The molecule has 4 amide bonds. The van der Waals surface area contributed by atoms with Gasteiger partial charge in [0.25, 0.3) is 5.91 Å². The number of hydrogen-bond donors (Lipinski definition) is 5. The van der Waals surface area contributed by atoms with Gasteiger partial charge >= 0.3 is 0 Å². The number of rotatable bonds is 14. The fourth-order valence-corrected chi connectivity index (χ4v) is 8.45.